The minimum absolute atomic E-state index is 0.0464. The van der Waals surface area contributed by atoms with Crippen LogP contribution in [0, 0.1) is 12.8 Å². The van der Waals surface area contributed by atoms with Crippen molar-refractivity contribution in [1.29, 1.82) is 0 Å². The number of aryl methyl sites for hydroxylation is 2. The maximum Gasteiger partial charge on any atom is 0.209 e. The van der Waals surface area contributed by atoms with Gasteiger partial charge in [-0.15, -0.1) is 0 Å². The third kappa shape index (κ3) is 4.16. The predicted molar refractivity (Wildman–Crippen MR) is 88.5 cm³/mol. The van der Waals surface area contributed by atoms with Gasteiger partial charge in [0.15, 0.2) is 0 Å². The summed E-state index contributed by atoms with van der Waals surface area (Å²) in [7, 11) is -3.20. The Morgan fingerprint density at radius 3 is 2.68 bits per heavy atom. The summed E-state index contributed by atoms with van der Waals surface area (Å²) in [5, 5.41) is 0. The molecule has 0 amide bonds. The zero-order valence-corrected chi connectivity index (χ0v) is 14.7. The van der Waals surface area contributed by atoms with Crippen molar-refractivity contribution in [3.05, 3.63) is 17.6 Å². The van der Waals surface area contributed by atoms with Gasteiger partial charge in [-0.05, 0) is 25.7 Å². The molecule has 0 unspecified atom stereocenters. The molecule has 1 saturated heterocycles. The fourth-order valence-electron chi connectivity index (χ4n) is 3.12. The summed E-state index contributed by atoms with van der Waals surface area (Å²) in [6.07, 6.45) is 6.03. The van der Waals surface area contributed by atoms with E-state index in [1.807, 2.05) is 13.1 Å². The van der Waals surface area contributed by atoms with Gasteiger partial charge in [-0.1, -0.05) is 20.3 Å². The van der Waals surface area contributed by atoms with Gasteiger partial charge < -0.3 is 4.90 Å². The van der Waals surface area contributed by atoms with Crippen LogP contribution in [0.25, 0.3) is 0 Å². The van der Waals surface area contributed by atoms with Crippen molar-refractivity contribution >= 4 is 15.8 Å². The predicted octanol–water partition coefficient (Wildman–Crippen LogP) is 1.50. The Balaban J connectivity index is 2.25. The lowest BCUT2D eigenvalue weighted by Crippen LogP contribution is -2.40. The van der Waals surface area contributed by atoms with Crippen LogP contribution in [0.3, 0.4) is 0 Å². The van der Waals surface area contributed by atoms with Crippen LogP contribution < -0.4 is 9.62 Å². The molecule has 2 atom stereocenters. The van der Waals surface area contributed by atoms with E-state index in [1.54, 1.807) is 0 Å². The quantitative estimate of drug-likeness (QED) is 0.857. The first-order valence-corrected chi connectivity index (χ1v) is 9.78. The number of aromatic nitrogens is 2. The monoisotopic (exact) mass is 326 g/mol. The van der Waals surface area contributed by atoms with Gasteiger partial charge in [0.2, 0.25) is 10.0 Å². The lowest BCUT2D eigenvalue weighted by atomic mass is 9.99. The number of nitrogens with zero attached hydrogens (tertiary/aromatic N) is 3. The van der Waals surface area contributed by atoms with Gasteiger partial charge in [0.05, 0.1) is 6.26 Å². The molecule has 2 heterocycles. The number of nitrogens with one attached hydrogen (secondary N) is 1. The van der Waals surface area contributed by atoms with Crippen LogP contribution in [-0.2, 0) is 16.4 Å². The minimum atomic E-state index is -3.20. The summed E-state index contributed by atoms with van der Waals surface area (Å²) in [5.74, 6) is 2.02. The average molecular weight is 326 g/mol. The molecular weight excluding hydrogens is 300 g/mol. The van der Waals surface area contributed by atoms with Crippen molar-refractivity contribution in [2.75, 3.05) is 24.2 Å². The normalized spacial score (nSPS) is 22.3. The SMILES string of the molecule is CCC[C@@H]1CN(c2nc(C)ncc2CC)C[C@H]1NS(C)(=O)=O. The Morgan fingerprint density at radius 2 is 2.09 bits per heavy atom. The number of hydrogen-bond acceptors (Lipinski definition) is 5. The van der Waals surface area contributed by atoms with Crippen molar-refractivity contribution in [3.8, 4) is 0 Å². The van der Waals surface area contributed by atoms with Gasteiger partial charge in [0.1, 0.15) is 11.6 Å². The van der Waals surface area contributed by atoms with Gasteiger partial charge in [0, 0.05) is 30.9 Å². The van der Waals surface area contributed by atoms with Crippen LogP contribution in [0.5, 0.6) is 0 Å². The van der Waals surface area contributed by atoms with Crippen LogP contribution in [0.2, 0.25) is 0 Å². The smallest absolute Gasteiger partial charge is 0.209 e. The van der Waals surface area contributed by atoms with Gasteiger partial charge in [-0.25, -0.2) is 23.1 Å². The van der Waals surface area contributed by atoms with E-state index >= 15 is 0 Å². The van der Waals surface area contributed by atoms with Gasteiger partial charge in [-0.2, -0.15) is 0 Å². The van der Waals surface area contributed by atoms with E-state index in [1.165, 1.54) is 6.26 Å². The second-order valence-electron chi connectivity index (χ2n) is 6.07. The number of rotatable bonds is 6. The minimum Gasteiger partial charge on any atom is -0.354 e. The van der Waals surface area contributed by atoms with E-state index in [9.17, 15) is 8.42 Å². The first kappa shape index (κ1) is 17.1. The van der Waals surface area contributed by atoms with Gasteiger partial charge in [0.25, 0.3) is 0 Å². The van der Waals surface area contributed by atoms with E-state index in [2.05, 4.69) is 33.4 Å². The standard InChI is InChI=1S/C15H26N4O2S/c1-5-7-13-9-19(10-14(13)18-22(4,20)21)15-12(6-2)8-16-11(3)17-15/h8,13-14,18H,5-7,9-10H2,1-4H3/t13-,14-/m1/s1. The summed E-state index contributed by atoms with van der Waals surface area (Å²) in [6.45, 7) is 7.61. The summed E-state index contributed by atoms with van der Waals surface area (Å²) >= 11 is 0. The number of anilines is 1. The summed E-state index contributed by atoms with van der Waals surface area (Å²) in [6, 6.07) is -0.0464. The zero-order valence-electron chi connectivity index (χ0n) is 13.8. The molecule has 1 aliphatic heterocycles. The Kier molecular flexibility index (Phi) is 5.39. The average Bonchev–Trinajstić information content (AvgIpc) is 2.80. The number of sulfonamides is 1. The van der Waals surface area contributed by atoms with Crippen molar-refractivity contribution in [2.45, 2.75) is 46.1 Å². The Labute approximate surface area is 133 Å². The molecule has 7 heteroatoms. The fourth-order valence-corrected chi connectivity index (χ4v) is 3.94. The zero-order chi connectivity index (χ0) is 16.3. The summed E-state index contributed by atoms with van der Waals surface area (Å²) < 4.78 is 26.0. The molecule has 1 aromatic heterocycles. The molecule has 124 valence electrons. The second-order valence-corrected chi connectivity index (χ2v) is 7.85. The Hall–Kier alpha value is -1.21. The van der Waals surface area contributed by atoms with Crippen LogP contribution in [0.15, 0.2) is 6.20 Å². The maximum absolute atomic E-state index is 11.6. The van der Waals surface area contributed by atoms with E-state index < -0.39 is 10.0 Å². The second kappa shape index (κ2) is 6.91. The van der Waals surface area contributed by atoms with Gasteiger partial charge >= 0.3 is 0 Å². The lowest BCUT2D eigenvalue weighted by Gasteiger charge is -2.20. The third-order valence-electron chi connectivity index (χ3n) is 4.11. The lowest BCUT2D eigenvalue weighted by molar-refractivity contribution is 0.442. The topological polar surface area (TPSA) is 75.2 Å². The number of hydrogen-bond donors (Lipinski definition) is 1. The molecule has 0 radical (unpaired) electrons. The molecule has 0 aliphatic carbocycles. The molecule has 1 aliphatic rings. The molecule has 6 nitrogen and oxygen atoms in total. The van der Waals surface area contributed by atoms with E-state index in [0.717, 1.165) is 43.0 Å². The highest BCUT2D eigenvalue weighted by molar-refractivity contribution is 7.88. The van der Waals surface area contributed by atoms with E-state index in [4.69, 9.17) is 0 Å². The van der Waals surface area contributed by atoms with Crippen LogP contribution in [-0.4, -0.2) is 43.8 Å². The van der Waals surface area contributed by atoms with Crippen molar-refractivity contribution < 1.29 is 8.42 Å². The van der Waals surface area contributed by atoms with Crippen LogP contribution in [0.4, 0.5) is 5.82 Å². The highest BCUT2D eigenvalue weighted by Crippen LogP contribution is 2.28. The Bertz CT molecular complexity index is 618. The molecule has 0 bridgehead atoms. The van der Waals surface area contributed by atoms with Crippen molar-refractivity contribution in [1.82, 2.24) is 14.7 Å². The van der Waals surface area contributed by atoms with Crippen molar-refractivity contribution in [2.24, 2.45) is 5.92 Å². The maximum atomic E-state index is 11.6. The molecule has 0 aromatic carbocycles. The molecule has 22 heavy (non-hydrogen) atoms. The molecule has 0 saturated carbocycles. The first-order chi connectivity index (χ1) is 10.3. The molecule has 1 aromatic rings. The van der Waals surface area contributed by atoms with Gasteiger partial charge in [-0.3, -0.25) is 0 Å². The van der Waals surface area contributed by atoms with E-state index in [-0.39, 0.29) is 6.04 Å². The highest BCUT2D eigenvalue weighted by Gasteiger charge is 2.35. The Morgan fingerprint density at radius 1 is 1.36 bits per heavy atom. The summed E-state index contributed by atoms with van der Waals surface area (Å²) in [5.41, 5.74) is 1.11. The van der Waals surface area contributed by atoms with Crippen molar-refractivity contribution in [3.63, 3.8) is 0 Å². The fraction of sp³-hybridized carbons (Fsp3) is 0.733. The molecule has 1 N–H and O–H groups in total. The van der Waals surface area contributed by atoms with Crippen LogP contribution >= 0.6 is 0 Å². The molecule has 2 rings (SSSR count). The molecule has 1 fully saturated rings. The third-order valence-corrected chi connectivity index (χ3v) is 4.84. The molecular formula is C15H26N4O2S. The molecule has 0 spiro atoms. The van der Waals surface area contributed by atoms with Crippen LogP contribution in [0.1, 0.15) is 38.1 Å². The first-order valence-electron chi connectivity index (χ1n) is 7.88. The largest absolute Gasteiger partial charge is 0.354 e. The summed E-state index contributed by atoms with van der Waals surface area (Å²) in [4.78, 5) is 11.1. The highest BCUT2D eigenvalue weighted by atomic mass is 32.2. The van der Waals surface area contributed by atoms with E-state index in [0.29, 0.717) is 12.5 Å².